The molecule has 0 saturated heterocycles. The Labute approximate surface area is 186 Å². The maximum atomic E-state index is 12.1. The van der Waals surface area contributed by atoms with E-state index in [-0.39, 0.29) is 5.78 Å². The molecule has 3 aromatic carbocycles. The van der Waals surface area contributed by atoms with E-state index in [1.54, 1.807) is 13.2 Å². The molecule has 0 N–H and O–H groups in total. The van der Waals surface area contributed by atoms with Gasteiger partial charge in [0.15, 0.2) is 5.78 Å². The van der Waals surface area contributed by atoms with Gasteiger partial charge < -0.3 is 9.47 Å². The van der Waals surface area contributed by atoms with Gasteiger partial charge in [-0.15, -0.1) is 0 Å². The Bertz CT molecular complexity index is 907. The molecule has 31 heavy (non-hydrogen) atoms. The standard InChI is InChI=1S/C23H20O2.C5H12O/c1-25-22-14-11-20(12-15-22)17-19-9-7-18(8-10-19)13-16-23(24)21-5-3-2-4-6-21;1-3-5-6-4-2/h2-16H,17H2,1H3;3-5H2,1-2H3/b16-13+;. The van der Waals surface area contributed by atoms with Crippen molar-refractivity contribution in [3.8, 4) is 5.75 Å². The third-order valence-corrected chi connectivity index (χ3v) is 4.59. The topological polar surface area (TPSA) is 35.5 Å². The number of ketones is 1. The zero-order valence-corrected chi connectivity index (χ0v) is 18.7. The fourth-order valence-electron chi connectivity index (χ4n) is 2.88. The van der Waals surface area contributed by atoms with Gasteiger partial charge in [0.05, 0.1) is 7.11 Å². The Morgan fingerprint density at radius 1 is 0.839 bits per heavy atom. The number of hydrogen-bond donors (Lipinski definition) is 0. The van der Waals surface area contributed by atoms with Crippen molar-refractivity contribution < 1.29 is 14.3 Å². The van der Waals surface area contributed by atoms with Gasteiger partial charge in [0.1, 0.15) is 5.75 Å². The van der Waals surface area contributed by atoms with Crippen molar-refractivity contribution in [3.05, 3.63) is 107 Å². The molecule has 0 aromatic heterocycles. The van der Waals surface area contributed by atoms with Gasteiger partial charge in [0, 0.05) is 18.8 Å². The second kappa shape index (κ2) is 13.9. The molecule has 0 bridgehead atoms. The Kier molecular flexibility index (Phi) is 10.8. The lowest BCUT2D eigenvalue weighted by Gasteiger charge is -2.04. The van der Waals surface area contributed by atoms with E-state index < -0.39 is 0 Å². The number of carbonyl (C=O) groups excluding carboxylic acids is 1. The molecule has 0 amide bonds. The van der Waals surface area contributed by atoms with Crippen molar-refractivity contribution in [3.63, 3.8) is 0 Å². The summed E-state index contributed by atoms with van der Waals surface area (Å²) in [6.45, 7) is 5.88. The highest BCUT2D eigenvalue weighted by atomic mass is 16.5. The van der Waals surface area contributed by atoms with E-state index in [4.69, 9.17) is 9.47 Å². The van der Waals surface area contributed by atoms with E-state index >= 15 is 0 Å². The molecule has 0 saturated carbocycles. The van der Waals surface area contributed by atoms with Crippen LogP contribution in [-0.4, -0.2) is 26.1 Å². The highest BCUT2D eigenvalue weighted by molar-refractivity contribution is 6.06. The van der Waals surface area contributed by atoms with Crippen LogP contribution in [0.2, 0.25) is 0 Å². The highest BCUT2D eigenvalue weighted by Crippen LogP contribution is 2.16. The number of rotatable bonds is 9. The summed E-state index contributed by atoms with van der Waals surface area (Å²) < 4.78 is 10.2. The molecule has 0 heterocycles. The minimum Gasteiger partial charge on any atom is -0.497 e. The van der Waals surface area contributed by atoms with Gasteiger partial charge in [-0.2, -0.15) is 0 Å². The second-order valence-electron chi connectivity index (χ2n) is 7.03. The highest BCUT2D eigenvalue weighted by Gasteiger charge is 2.00. The molecule has 0 atom stereocenters. The number of benzene rings is 3. The van der Waals surface area contributed by atoms with E-state index in [0.29, 0.717) is 5.56 Å². The molecule has 0 radical (unpaired) electrons. The first-order valence-corrected chi connectivity index (χ1v) is 10.7. The van der Waals surface area contributed by atoms with Crippen LogP contribution in [0, 0.1) is 0 Å². The lowest BCUT2D eigenvalue weighted by Crippen LogP contribution is -1.93. The van der Waals surface area contributed by atoms with Crippen LogP contribution >= 0.6 is 0 Å². The van der Waals surface area contributed by atoms with Gasteiger partial charge in [-0.3, -0.25) is 4.79 Å². The fraction of sp³-hybridized carbons (Fsp3) is 0.250. The minimum atomic E-state index is 0.0166. The molecule has 0 aliphatic carbocycles. The maximum Gasteiger partial charge on any atom is 0.185 e. The first-order chi connectivity index (χ1) is 15.2. The molecule has 0 aliphatic heterocycles. The summed E-state index contributed by atoms with van der Waals surface area (Å²) in [5.41, 5.74) is 4.19. The second-order valence-corrected chi connectivity index (χ2v) is 7.03. The minimum absolute atomic E-state index is 0.0166. The number of methoxy groups -OCH3 is 1. The van der Waals surface area contributed by atoms with Crippen molar-refractivity contribution >= 4 is 11.9 Å². The number of carbonyl (C=O) groups is 1. The molecule has 162 valence electrons. The van der Waals surface area contributed by atoms with E-state index in [0.717, 1.165) is 37.4 Å². The van der Waals surface area contributed by atoms with Gasteiger partial charge in [0.25, 0.3) is 0 Å². The van der Waals surface area contributed by atoms with Gasteiger partial charge in [-0.1, -0.05) is 79.7 Å². The van der Waals surface area contributed by atoms with Crippen LogP contribution in [0.4, 0.5) is 0 Å². The molecular formula is C28H32O3. The van der Waals surface area contributed by atoms with Crippen molar-refractivity contribution in [2.24, 2.45) is 0 Å². The average molecular weight is 417 g/mol. The Morgan fingerprint density at radius 3 is 1.97 bits per heavy atom. The summed E-state index contributed by atoms with van der Waals surface area (Å²) in [4.78, 5) is 12.1. The number of allylic oxidation sites excluding steroid dienone is 1. The van der Waals surface area contributed by atoms with Crippen LogP contribution in [0.5, 0.6) is 5.75 Å². The molecule has 3 rings (SSSR count). The number of hydrogen-bond acceptors (Lipinski definition) is 3. The van der Waals surface area contributed by atoms with Crippen LogP contribution < -0.4 is 4.74 Å². The van der Waals surface area contributed by atoms with Crippen molar-refractivity contribution in [2.45, 2.75) is 26.7 Å². The van der Waals surface area contributed by atoms with Crippen LogP contribution in [0.15, 0.2) is 84.9 Å². The third kappa shape index (κ3) is 9.02. The first-order valence-electron chi connectivity index (χ1n) is 10.7. The summed E-state index contributed by atoms with van der Waals surface area (Å²) in [5, 5.41) is 0. The van der Waals surface area contributed by atoms with Crippen molar-refractivity contribution in [1.29, 1.82) is 0 Å². The zero-order valence-electron chi connectivity index (χ0n) is 18.7. The van der Waals surface area contributed by atoms with Crippen molar-refractivity contribution in [2.75, 3.05) is 20.3 Å². The molecule has 3 nitrogen and oxygen atoms in total. The van der Waals surface area contributed by atoms with E-state index in [9.17, 15) is 4.79 Å². The van der Waals surface area contributed by atoms with Gasteiger partial charge in [0.2, 0.25) is 0 Å². The largest absolute Gasteiger partial charge is 0.497 e. The molecule has 3 heteroatoms. The Hall–Kier alpha value is -3.17. The fourth-order valence-corrected chi connectivity index (χ4v) is 2.88. The third-order valence-electron chi connectivity index (χ3n) is 4.59. The van der Waals surface area contributed by atoms with Crippen LogP contribution in [-0.2, 0) is 11.2 Å². The van der Waals surface area contributed by atoms with Crippen molar-refractivity contribution in [1.82, 2.24) is 0 Å². The monoisotopic (exact) mass is 416 g/mol. The molecular weight excluding hydrogens is 384 g/mol. The molecule has 0 fully saturated rings. The smallest absolute Gasteiger partial charge is 0.185 e. The Balaban J connectivity index is 0.000000501. The molecule has 0 unspecified atom stereocenters. The van der Waals surface area contributed by atoms with E-state index in [1.807, 2.05) is 67.6 Å². The average Bonchev–Trinajstić information content (AvgIpc) is 2.83. The molecule has 0 spiro atoms. The summed E-state index contributed by atoms with van der Waals surface area (Å²) in [6, 6.07) is 25.6. The lowest BCUT2D eigenvalue weighted by molar-refractivity contribution is 0.104. The van der Waals surface area contributed by atoms with Crippen LogP contribution in [0.3, 0.4) is 0 Å². The zero-order chi connectivity index (χ0) is 22.3. The lowest BCUT2D eigenvalue weighted by atomic mass is 10.0. The quantitative estimate of drug-likeness (QED) is 0.223. The normalized spacial score (nSPS) is 10.4. The Morgan fingerprint density at radius 2 is 1.45 bits per heavy atom. The van der Waals surface area contributed by atoms with Gasteiger partial charge >= 0.3 is 0 Å². The molecule has 3 aromatic rings. The SMILES string of the molecule is CCCOCC.COc1ccc(Cc2ccc(/C=C/C(=O)c3ccccc3)cc2)cc1. The molecule has 0 aliphatic rings. The maximum absolute atomic E-state index is 12.1. The van der Waals surface area contributed by atoms with E-state index in [1.165, 1.54) is 11.1 Å². The predicted molar refractivity (Wildman–Crippen MR) is 129 cm³/mol. The van der Waals surface area contributed by atoms with Gasteiger partial charge in [-0.25, -0.2) is 0 Å². The van der Waals surface area contributed by atoms with Crippen LogP contribution in [0.25, 0.3) is 6.08 Å². The van der Waals surface area contributed by atoms with Crippen LogP contribution in [0.1, 0.15) is 47.3 Å². The number of ether oxygens (including phenoxy) is 2. The van der Waals surface area contributed by atoms with Gasteiger partial charge in [-0.05, 0) is 54.7 Å². The summed E-state index contributed by atoms with van der Waals surface area (Å²) in [5.74, 6) is 0.884. The van der Waals surface area contributed by atoms with E-state index in [2.05, 4.69) is 31.2 Å². The predicted octanol–water partition coefficient (Wildman–Crippen LogP) is 6.62. The summed E-state index contributed by atoms with van der Waals surface area (Å²) in [6.07, 6.45) is 5.48. The first kappa shape index (κ1) is 24.1. The summed E-state index contributed by atoms with van der Waals surface area (Å²) in [7, 11) is 1.67. The summed E-state index contributed by atoms with van der Waals surface area (Å²) >= 11 is 0.